The lowest BCUT2D eigenvalue weighted by Crippen LogP contribution is -2.56. The van der Waals surface area contributed by atoms with Crippen LogP contribution in [0.4, 0.5) is 5.69 Å². The summed E-state index contributed by atoms with van der Waals surface area (Å²) in [5, 5.41) is 9.45. The van der Waals surface area contributed by atoms with Gasteiger partial charge in [0.25, 0.3) is 5.91 Å². The smallest absolute Gasteiger partial charge is 0.271 e. The zero-order valence-corrected chi connectivity index (χ0v) is 13.6. The van der Waals surface area contributed by atoms with Gasteiger partial charge in [-0.1, -0.05) is 0 Å². The summed E-state index contributed by atoms with van der Waals surface area (Å²) in [6.45, 7) is 1.42. The number of carbonyl (C=O) groups excluding carboxylic acids is 2. The van der Waals surface area contributed by atoms with Crippen molar-refractivity contribution in [2.45, 2.75) is 18.9 Å². The highest BCUT2D eigenvalue weighted by molar-refractivity contribution is 5.97. The Bertz CT molecular complexity index is 764. The summed E-state index contributed by atoms with van der Waals surface area (Å²) in [6, 6.07) is 5.20. The molecular weight excluding hydrogens is 322 g/mol. The summed E-state index contributed by atoms with van der Waals surface area (Å²) in [5.41, 5.74) is 0.341. The molecule has 4 heterocycles. The first-order valence-electron chi connectivity index (χ1n) is 8.31. The fourth-order valence-corrected chi connectivity index (χ4v) is 3.68. The Labute approximate surface area is 144 Å². The normalized spacial score (nSPS) is 25.4. The number of amides is 2. The number of rotatable bonds is 3. The summed E-state index contributed by atoms with van der Waals surface area (Å²) in [5.74, 6) is -0.262. The average Bonchev–Trinajstić information content (AvgIpc) is 3.31. The van der Waals surface area contributed by atoms with Gasteiger partial charge in [-0.25, -0.2) is 0 Å². The molecule has 0 radical (unpaired) electrons. The predicted octanol–water partition coefficient (Wildman–Crippen LogP) is 1.06. The Hall–Kier alpha value is -2.74. The van der Waals surface area contributed by atoms with Crippen LogP contribution in [0.2, 0.25) is 0 Å². The van der Waals surface area contributed by atoms with Crippen LogP contribution in [0.15, 0.2) is 36.8 Å². The molecule has 25 heavy (non-hydrogen) atoms. The first kappa shape index (κ1) is 15.8. The van der Waals surface area contributed by atoms with Gasteiger partial charge in [0.1, 0.15) is 5.69 Å². The SMILES string of the molecule is O=C(c1ccn[nH]1)N1CC[C@H]2OCC[C@@]2(C(=O)Nc2cccnc2)C1. The number of likely N-dealkylation sites (tertiary alicyclic amines) is 1. The lowest BCUT2D eigenvalue weighted by Gasteiger charge is -2.42. The van der Waals surface area contributed by atoms with Crippen LogP contribution in [0.25, 0.3) is 0 Å². The third-order valence-corrected chi connectivity index (χ3v) is 5.01. The Morgan fingerprint density at radius 2 is 2.28 bits per heavy atom. The Morgan fingerprint density at radius 1 is 1.36 bits per heavy atom. The number of aromatic nitrogens is 3. The van der Waals surface area contributed by atoms with E-state index in [9.17, 15) is 9.59 Å². The van der Waals surface area contributed by atoms with Crippen LogP contribution >= 0.6 is 0 Å². The number of aromatic amines is 1. The molecule has 0 bridgehead atoms. The van der Waals surface area contributed by atoms with Crippen LogP contribution in [-0.4, -0.2) is 57.7 Å². The highest BCUT2D eigenvalue weighted by Crippen LogP contribution is 2.42. The second-order valence-electron chi connectivity index (χ2n) is 6.45. The zero-order valence-electron chi connectivity index (χ0n) is 13.6. The summed E-state index contributed by atoms with van der Waals surface area (Å²) >= 11 is 0. The molecule has 8 heteroatoms. The molecule has 2 N–H and O–H groups in total. The Balaban J connectivity index is 1.56. The van der Waals surface area contributed by atoms with Crippen molar-refractivity contribution >= 4 is 17.5 Å². The highest BCUT2D eigenvalue weighted by Gasteiger charge is 2.54. The largest absolute Gasteiger partial charge is 0.377 e. The molecule has 0 spiro atoms. The van der Waals surface area contributed by atoms with E-state index in [0.717, 1.165) is 0 Å². The first-order valence-corrected chi connectivity index (χ1v) is 8.31. The number of fused-ring (bicyclic) bond motifs is 1. The van der Waals surface area contributed by atoms with E-state index in [1.54, 1.807) is 41.7 Å². The van der Waals surface area contributed by atoms with Gasteiger partial charge in [0.05, 0.1) is 23.4 Å². The van der Waals surface area contributed by atoms with Crippen LogP contribution < -0.4 is 5.32 Å². The summed E-state index contributed by atoms with van der Waals surface area (Å²) in [6.07, 6.45) is 5.87. The average molecular weight is 341 g/mol. The maximum absolute atomic E-state index is 13.0. The molecule has 2 aromatic rings. The standard InChI is InChI=1S/C17H19N5O3/c23-15(13-3-7-19-21-13)22-8-4-14-17(11-22,5-9-25-14)16(24)20-12-2-1-6-18-10-12/h1-3,6-7,10,14H,4-5,8-9,11H2,(H,19,21)(H,20,24)/t14-,17-/m1/s1. The number of piperidine rings is 1. The van der Waals surface area contributed by atoms with Gasteiger partial charge in [0.2, 0.25) is 5.91 Å². The maximum atomic E-state index is 13.0. The zero-order chi connectivity index (χ0) is 17.3. The first-order chi connectivity index (χ1) is 12.2. The molecule has 2 fully saturated rings. The van der Waals surface area contributed by atoms with Crippen molar-refractivity contribution in [2.24, 2.45) is 5.41 Å². The molecule has 0 aromatic carbocycles. The monoisotopic (exact) mass is 341 g/mol. The summed E-state index contributed by atoms with van der Waals surface area (Å²) in [7, 11) is 0. The molecule has 2 aliphatic heterocycles. The third kappa shape index (κ3) is 2.78. The van der Waals surface area contributed by atoms with Crippen molar-refractivity contribution in [3.63, 3.8) is 0 Å². The molecule has 2 amide bonds. The second-order valence-corrected chi connectivity index (χ2v) is 6.45. The predicted molar refractivity (Wildman–Crippen MR) is 88.8 cm³/mol. The molecule has 2 aliphatic rings. The van der Waals surface area contributed by atoms with Crippen LogP contribution in [0, 0.1) is 5.41 Å². The molecule has 0 unspecified atom stereocenters. The van der Waals surface area contributed by atoms with Gasteiger partial charge < -0.3 is 15.0 Å². The van der Waals surface area contributed by atoms with Gasteiger partial charge >= 0.3 is 0 Å². The topological polar surface area (TPSA) is 100 Å². The maximum Gasteiger partial charge on any atom is 0.271 e. The van der Waals surface area contributed by atoms with E-state index >= 15 is 0 Å². The quantitative estimate of drug-likeness (QED) is 0.870. The number of nitrogens with one attached hydrogen (secondary N) is 2. The minimum atomic E-state index is -0.732. The lowest BCUT2D eigenvalue weighted by atomic mass is 9.75. The molecule has 0 aliphatic carbocycles. The fraction of sp³-hybridized carbons (Fsp3) is 0.412. The van der Waals surface area contributed by atoms with Gasteiger partial charge in [-0.3, -0.25) is 19.7 Å². The molecule has 2 saturated heterocycles. The fourth-order valence-electron chi connectivity index (χ4n) is 3.68. The van der Waals surface area contributed by atoms with Crippen LogP contribution in [0.1, 0.15) is 23.3 Å². The van der Waals surface area contributed by atoms with E-state index < -0.39 is 5.41 Å². The van der Waals surface area contributed by atoms with Crippen LogP contribution in [0.3, 0.4) is 0 Å². The van der Waals surface area contributed by atoms with Crippen LogP contribution in [-0.2, 0) is 9.53 Å². The van der Waals surface area contributed by atoms with E-state index in [1.807, 2.05) is 0 Å². The van der Waals surface area contributed by atoms with Gasteiger partial charge in [0, 0.05) is 32.1 Å². The number of H-pyrrole nitrogens is 1. The van der Waals surface area contributed by atoms with Crippen molar-refractivity contribution in [1.29, 1.82) is 0 Å². The van der Waals surface area contributed by atoms with Gasteiger partial charge in [-0.2, -0.15) is 5.10 Å². The van der Waals surface area contributed by atoms with Crippen molar-refractivity contribution in [3.8, 4) is 0 Å². The van der Waals surface area contributed by atoms with E-state index in [4.69, 9.17) is 4.74 Å². The molecule has 2 atom stereocenters. The van der Waals surface area contributed by atoms with Crippen LogP contribution in [0.5, 0.6) is 0 Å². The van der Waals surface area contributed by atoms with E-state index in [1.165, 1.54) is 0 Å². The third-order valence-electron chi connectivity index (χ3n) is 5.01. The van der Waals surface area contributed by atoms with Gasteiger partial charge in [-0.15, -0.1) is 0 Å². The van der Waals surface area contributed by atoms with Gasteiger partial charge in [0.15, 0.2) is 0 Å². The molecule has 130 valence electrons. The lowest BCUT2D eigenvalue weighted by molar-refractivity contribution is -0.132. The molecule has 0 saturated carbocycles. The van der Waals surface area contributed by atoms with E-state index in [0.29, 0.717) is 43.9 Å². The van der Waals surface area contributed by atoms with E-state index in [2.05, 4.69) is 20.5 Å². The Kier molecular flexibility index (Phi) is 3.96. The molecule has 8 nitrogen and oxygen atoms in total. The summed E-state index contributed by atoms with van der Waals surface area (Å²) < 4.78 is 5.80. The molecule has 4 rings (SSSR count). The van der Waals surface area contributed by atoms with Crippen molar-refractivity contribution in [1.82, 2.24) is 20.1 Å². The second kappa shape index (κ2) is 6.29. The van der Waals surface area contributed by atoms with Crippen molar-refractivity contribution in [2.75, 3.05) is 25.0 Å². The number of hydrogen-bond donors (Lipinski definition) is 2. The number of anilines is 1. The number of carbonyl (C=O) groups is 2. The highest BCUT2D eigenvalue weighted by atomic mass is 16.5. The minimum Gasteiger partial charge on any atom is -0.377 e. The molecular formula is C17H19N5O3. The molecule has 2 aromatic heterocycles. The number of hydrogen-bond acceptors (Lipinski definition) is 5. The number of nitrogens with zero attached hydrogens (tertiary/aromatic N) is 3. The van der Waals surface area contributed by atoms with Gasteiger partial charge in [-0.05, 0) is 31.0 Å². The van der Waals surface area contributed by atoms with Crippen molar-refractivity contribution in [3.05, 3.63) is 42.5 Å². The summed E-state index contributed by atoms with van der Waals surface area (Å²) in [4.78, 5) is 31.4. The van der Waals surface area contributed by atoms with Crippen molar-refractivity contribution < 1.29 is 14.3 Å². The van der Waals surface area contributed by atoms with E-state index in [-0.39, 0.29) is 17.9 Å². The number of pyridine rings is 1. The number of ether oxygens (including phenoxy) is 1. The Morgan fingerprint density at radius 3 is 3.04 bits per heavy atom. The minimum absolute atomic E-state index is 0.120.